The van der Waals surface area contributed by atoms with E-state index in [0.29, 0.717) is 0 Å². The molecule has 0 bridgehead atoms. The van der Waals surface area contributed by atoms with Crippen LogP contribution in [0.2, 0.25) is 0 Å². The summed E-state index contributed by atoms with van der Waals surface area (Å²) < 4.78 is 40.8. The van der Waals surface area contributed by atoms with Gasteiger partial charge in [-0.25, -0.2) is 17.5 Å². The maximum Gasteiger partial charge on any atom is 0.272 e. The highest BCUT2D eigenvalue weighted by atomic mass is 32.2. The number of nitrogens with one attached hydrogen (secondary N) is 3. The van der Waals surface area contributed by atoms with Crippen molar-refractivity contribution < 1.29 is 22.4 Å². The Morgan fingerprint density at radius 3 is 2.45 bits per heavy atom. The summed E-state index contributed by atoms with van der Waals surface area (Å²) in [7, 11) is -3.74. The molecule has 154 valence electrons. The van der Waals surface area contributed by atoms with Crippen molar-refractivity contribution in [3.63, 3.8) is 0 Å². The van der Waals surface area contributed by atoms with Crippen LogP contribution in [-0.4, -0.2) is 26.8 Å². The van der Waals surface area contributed by atoms with Crippen LogP contribution in [0.5, 0.6) is 0 Å². The van der Waals surface area contributed by atoms with E-state index in [1.54, 1.807) is 12.1 Å². The molecule has 3 rings (SSSR count). The third-order valence-corrected chi connectivity index (χ3v) is 6.17. The first-order valence-corrected chi connectivity index (χ1v) is 10.8. The molecule has 3 N–H and O–H groups in total. The maximum atomic E-state index is 13.5. The number of benzene rings is 2. The van der Waals surface area contributed by atoms with Gasteiger partial charge in [0, 0.05) is 13.0 Å². The third-order valence-electron chi connectivity index (χ3n) is 4.71. The molecule has 0 heterocycles. The first kappa shape index (κ1) is 20.9. The van der Waals surface area contributed by atoms with Crippen LogP contribution in [0, 0.1) is 5.82 Å². The van der Waals surface area contributed by atoms with Crippen molar-refractivity contribution >= 4 is 21.8 Å². The number of carbonyl (C=O) groups is 2. The number of halogens is 1. The molecule has 2 amide bonds. The number of hydrogen-bond donors (Lipinski definition) is 3. The number of fused-ring (bicyclic) bond motifs is 1. The minimum Gasteiger partial charge on any atom is -0.273 e. The fourth-order valence-electron chi connectivity index (χ4n) is 3.16. The fraction of sp³-hybridized carbons (Fsp3) is 0.300. The van der Waals surface area contributed by atoms with Crippen LogP contribution < -0.4 is 15.6 Å². The monoisotopic (exact) mass is 419 g/mol. The standard InChI is InChI=1S/C20H22FN3O4S/c21-18-8-4-3-7-17(18)20(26)24-23-19(25)11-12-22-29(27,28)16-10-9-14-5-1-2-6-15(14)13-16/h3-4,7-10,13,22H,1-2,5-6,11-12H2,(H,23,25)(H,24,26). The summed E-state index contributed by atoms with van der Waals surface area (Å²) in [5.74, 6) is -2.12. The highest BCUT2D eigenvalue weighted by Gasteiger charge is 2.18. The van der Waals surface area contributed by atoms with Crippen LogP contribution in [0.25, 0.3) is 0 Å². The Balaban J connectivity index is 1.48. The van der Waals surface area contributed by atoms with Crippen molar-refractivity contribution in [3.8, 4) is 0 Å². The number of rotatable bonds is 6. The van der Waals surface area contributed by atoms with Gasteiger partial charge in [0.2, 0.25) is 15.9 Å². The number of aryl methyl sites for hydroxylation is 2. The molecule has 0 radical (unpaired) electrons. The van der Waals surface area contributed by atoms with Crippen LogP contribution in [0.1, 0.15) is 40.7 Å². The van der Waals surface area contributed by atoms with Crippen molar-refractivity contribution in [1.29, 1.82) is 0 Å². The molecule has 1 aliphatic carbocycles. The van der Waals surface area contributed by atoms with Gasteiger partial charge in [0.25, 0.3) is 5.91 Å². The SMILES string of the molecule is O=C(CCNS(=O)(=O)c1ccc2c(c1)CCCC2)NNC(=O)c1ccccc1F. The minimum atomic E-state index is -3.74. The zero-order valence-corrected chi connectivity index (χ0v) is 16.5. The highest BCUT2D eigenvalue weighted by Crippen LogP contribution is 2.24. The molecule has 29 heavy (non-hydrogen) atoms. The second-order valence-electron chi connectivity index (χ2n) is 6.77. The number of sulfonamides is 1. The summed E-state index contributed by atoms with van der Waals surface area (Å²) in [5, 5.41) is 0. The average Bonchev–Trinajstić information content (AvgIpc) is 2.72. The number of hydrazine groups is 1. The van der Waals surface area contributed by atoms with Gasteiger partial charge in [-0.1, -0.05) is 18.2 Å². The molecule has 0 fully saturated rings. The van der Waals surface area contributed by atoms with Gasteiger partial charge in [-0.2, -0.15) is 0 Å². The minimum absolute atomic E-state index is 0.138. The zero-order chi connectivity index (χ0) is 20.9. The molecule has 1 aliphatic rings. The largest absolute Gasteiger partial charge is 0.273 e. The van der Waals surface area contributed by atoms with Crippen molar-refractivity contribution in [2.24, 2.45) is 0 Å². The number of amides is 2. The molecule has 0 spiro atoms. The molecule has 0 aromatic heterocycles. The van der Waals surface area contributed by atoms with Crippen molar-refractivity contribution in [2.45, 2.75) is 37.0 Å². The number of hydrogen-bond acceptors (Lipinski definition) is 4. The molecule has 2 aromatic rings. The van der Waals surface area contributed by atoms with E-state index in [0.717, 1.165) is 37.3 Å². The molecule has 0 atom stereocenters. The molecule has 0 unspecified atom stereocenters. The molecule has 9 heteroatoms. The molecule has 0 aliphatic heterocycles. The van der Waals surface area contributed by atoms with Crippen molar-refractivity contribution in [1.82, 2.24) is 15.6 Å². The van der Waals surface area contributed by atoms with Crippen LogP contribution in [-0.2, 0) is 27.7 Å². The second kappa shape index (κ2) is 9.15. The normalized spacial score (nSPS) is 13.4. The van der Waals surface area contributed by atoms with E-state index in [4.69, 9.17) is 0 Å². The summed E-state index contributed by atoms with van der Waals surface area (Å²) in [6, 6.07) is 10.4. The van der Waals surface area contributed by atoms with E-state index in [1.165, 1.54) is 23.8 Å². The first-order chi connectivity index (χ1) is 13.9. The summed E-state index contributed by atoms with van der Waals surface area (Å²) in [6.07, 6.45) is 3.79. The van der Waals surface area contributed by atoms with Gasteiger partial charge in [0.05, 0.1) is 10.5 Å². The van der Waals surface area contributed by atoms with E-state index >= 15 is 0 Å². The second-order valence-corrected chi connectivity index (χ2v) is 8.53. The van der Waals surface area contributed by atoms with Gasteiger partial charge in [-0.15, -0.1) is 0 Å². The Labute approximate surface area is 168 Å². The summed E-state index contributed by atoms with van der Waals surface area (Å²) in [6.45, 7) is -0.138. The Kier molecular flexibility index (Phi) is 6.60. The smallest absolute Gasteiger partial charge is 0.272 e. The lowest BCUT2D eigenvalue weighted by Gasteiger charge is -2.16. The maximum absolute atomic E-state index is 13.5. The Bertz CT molecular complexity index is 1020. The van der Waals surface area contributed by atoms with Gasteiger partial charge in [-0.3, -0.25) is 20.4 Å². The summed E-state index contributed by atoms with van der Waals surface area (Å²) >= 11 is 0. The van der Waals surface area contributed by atoms with E-state index in [-0.39, 0.29) is 23.4 Å². The van der Waals surface area contributed by atoms with Crippen LogP contribution >= 0.6 is 0 Å². The van der Waals surface area contributed by atoms with Crippen molar-refractivity contribution in [2.75, 3.05) is 6.54 Å². The lowest BCUT2D eigenvalue weighted by Crippen LogP contribution is -2.43. The molecular formula is C20H22FN3O4S. The predicted molar refractivity (Wildman–Crippen MR) is 105 cm³/mol. The molecular weight excluding hydrogens is 397 g/mol. The van der Waals surface area contributed by atoms with E-state index in [2.05, 4.69) is 15.6 Å². The van der Waals surface area contributed by atoms with Gasteiger partial charge < -0.3 is 0 Å². The van der Waals surface area contributed by atoms with Gasteiger partial charge in [0.1, 0.15) is 5.82 Å². The Hall–Kier alpha value is -2.78. The van der Waals surface area contributed by atoms with Crippen molar-refractivity contribution in [3.05, 3.63) is 65.0 Å². The van der Waals surface area contributed by atoms with Crippen LogP contribution in [0.15, 0.2) is 47.4 Å². The molecule has 7 nitrogen and oxygen atoms in total. The Morgan fingerprint density at radius 1 is 0.966 bits per heavy atom. The highest BCUT2D eigenvalue weighted by molar-refractivity contribution is 7.89. The fourth-order valence-corrected chi connectivity index (χ4v) is 4.24. The lowest BCUT2D eigenvalue weighted by molar-refractivity contribution is -0.121. The average molecular weight is 419 g/mol. The van der Waals surface area contributed by atoms with Gasteiger partial charge >= 0.3 is 0 Å². The number of carbonyl (C=O) groups excluding carboxylic acids is 2. The van der Waals surface area contributed by atoms with E-state index < -0.39 is 27.7 Å². The zero-order valence-electron chi connectivity index (χ0n) is 15.7. The molecule has 2 aromatic carbocycles. The lowest BCUT2D eigenvalue weighted by atomic mass is 9.92. The summed E-state index contributed by atoms with van der Waals surface area (Å²) in [5.41, 5.74) is 6.25. The predicted octanol–water partition coefficient (Wildman–Crippen LogP) is 1.83. The van der Waals surface area contributed by atoms with Crippen LogP contribution in [0.3, 0.4) is 0 Å². The van der Waals surface area contributed by atoms with Gasteiger partial charge in [0.15, 0.2) is 0 Å². The van der Waals surface area contributed by atoms with E-state index in [1.807, 2.05) is 6.07 Å². The summed E-state index contributed by atoms with van der Waals surface area (Å²) in [4.78, 5) is 23.8. The van der Waals surface area contributed by atoms with Crippen LogP contribution in [0.4, 0.5) is 4.39 Å². The van der Waals surface area contributed by atoms with Gasteiger partial charge in [-0.05, 0) is 61.1 Å². The third kappa shape index (κ3) is 5.39. The molecule has 0 saturated heterocycles. The topological polar surface area (TPSA) is 104 Å². The Morgan fingerprint density at radius 2 is 1.69 bits per heavy atom. The first-order valence-electron chi connectivity index (χ1n) is 9.32. The quantitative estimate of drug-likeness (QED) is 0.622. The molecule has 0 saturated carbocycles. The van der Waals surface area contributed by atoms with E-state index in [9.17, 15) is 22.4 Å².